The van der Waals surface area contributed by atoms with Crippen molar-refractivity contribution < 1.29 is 9.00 Å². The average molecular weight is 188 g/mol. The Morgan fingerprint density at radius 2 is 2.27 bits per heavy atom. The van der Waals surface area contributed by atoms with Crippen molar-refractivity contribution in [1.82, 2.24) is 4.72 Å². The Morgan fingerprint density at radius 3 is 3.09 bits per heavy atom. The molecule has 0 aliphatic carbocycles. The van der Waals surface area contributed by atoms with Crippen LogP contribution < -0.4 is 9.44 Å². The predicted molar refractivity (Wildman–Crippen MR) is 43.6 cm³/mol. The number of fused-ring (bicyclic) bond motifs is 1. The third-order valence-electron chi connectivity index (χ3n) is 1.28. The van der Waals surface area contributed by atoms with Crippen LogP contribution in [0.4, 0.5) is 5.00 Å². The molecule has 4 nitrogen and oxygen atoms in total. The fraction of sp³-hybridized carbons (Fsp3) is 0. The molecular weight excluding hydrogens is 184 g/mol. The van der Waals surface area contributed by atoms with Crippen LogP contribution in [0, 0.1) is 0 Å². The number of rotatable bonds is 0. The Kier molecular flexibility index (Phi) is 1.43. The van der Waals surface area contributed by atoms with Crippen molar-refractivity contribution in [2.75, 3.05) is 4.72 Å². The van der Waals surface area contributed by atoms with E-state index >= 15 is 0 Å². The number of hydrogen-bond acceptors (Lipinski definition) is 3. The molecule has 2 heterocycles. The molecule has 1 aliphatic heterocycles. The first-order valence-corrected chi connectivity index (χ1v) is 4.87. The molecular formula is C5H4N2O2S2. The Morgan fingerprint density at radius 1 is 1.45 bits per heavy atom. The molecule has 11 heavy (non-hydrogen) atoms. The molecule has 0 fully saturated rings. The average Bonchev–Trinajstić information content (AvgIpc) is 2.34. The number of hydrogen-bond donors (Lipinski definition) is 2. The highest BCUT2D eigenvalue weighted by Crippen LogP contribution is 2.25. The molecule has 0 saturated carbocycles. The van der Waals surface area contributed by atoms with Gasteiger partial charge in [-0.3, -0.25) is 14.2 Å². The zero-order chi connectivity index (χ0) is 7.84. The number of thiophene rings is 1. The van der Waals surface area contributed by atoms with Gasteiger partial charge in [0.05, 0.1) is 5.56 Å². The van der Waals surface area contributed by atoms with E-state index in [1.54, 1.807) is 11.4 Å². The van der Waals surface area contributed by atoms with Crippen LogP contribution in [0.15, 0.2) is 11.4 Å². The van der Waals surface area contributed by atoms with Crippen molar-refractivity contribution in [1.29, 1.82) is 0 Å². The topological polar surface area (TPSA) is 58.2 Å². The summed E-state index contributed by atoms with van der Waals surface area (Å²) >= 11 is -0.0813. The lowest BCUT2D eigenvalue weighted by atomic mass is 10.3. The molecule has 0 unspecified atom stereocenters. The maximum Gasteiger partial charge on any atom is 0.267 e. The van der Waals surface area contributed by atoms with Crippen LogP contribution in [0.1, 0.15) is 10.4 Å². The smallest absolute Gasteiger partial charge is 0.267 e. The Labute approximate surface area is 69.3 Å². The van der Waals surface area contributed by atoms with E-state index in [1.165, 1.54) is 11.3 Å². The first kappa shape index (κ1) is 6.81. The number of carbonyl (C=O) groups excluding carboxylic acids is 1. The van der Waals surface area contributed by atoms with E-state index in [4.69, 9.17) is 0 Å². The first-order valence-electron chi connectivity index (χ1n) is 2.84. The molecule has 0 radical (unpaired) electrons. The minimum Gasteiger partial charge on any atom is -0.278 e. The number of nitrogens with one attached hydrogen (secondary N) is 2. The van der Waals surface area contributed by atoms with E-state index in [1.807, 2.05) is 0 Å². The van der Waals surface area contributed by atoms with Gasteiger partial charge in [-0.2, -0.15) is 0 Å². The highest BCUT2D eigenvalue weighted by atomic mass is 32.2. The van der Waals surface area contributed by atoms with Crippen LogP contribution >= 0.6 is 11.3 Å². The van der Waals surface area contributed by atoms with Gasteiger partial charge < -0.3 is 0 Å². The second kappa shape index (κ2) is 2.31. The first-order chi connectivity index (χ1) is 5.27. The minimum atomic E-state index is -1.45. The molecule has 1 amide bonds. The molecule has 0 aromatic carbocycles. The van der Waals surface area contributed by atoms with E-state index in [0.29, 0.717) is 10.6 Å². The van der Waals surface area contributed by atoms with Crippen LogP contribution in [-0.4, -0.2) is 10.1 Å². The highest BCUT2D eigenvalue weighted by Gasteiger charge is 2.21. The zero-order valence-electron chi connectivity index (χ0n) is 5.29. The summed E-state index contributed by atoms with van der Waals surface area (Å²) in [5.74, 6) is -0.279. The maximum absolute atomic E-state index is 11.0. The van der Waals surface area contributed by atoms with Crippen molar-refractivity contribution >= 4 is 33.4 Å². The van der Waals surface area contributed by atoms with Crippen molar-refractivity contribution in [2.45, 2.75) is 0 Å². The lowest BCUT2D eigenvalue weighted by Gasteiger charge is -2.12. The zero-order valence-corrected chi connectivity index (χ0v) is 6.92. The Bertz CT molecular complexity index is 333. The fourth-order valence-electron chi connectivity index (χ4n) is 0.816. The van der Waals surface area contributed by atoms with Gasteiger partial charge in [-0.1, -0.05) is 0 Å². The van der Waals surface area contributed by atoms with Gasteiger partial charge in [-0.15, -0.1) is 11.3 Å². The summed E-state index contributed by atoms with van der Waals surface area (Å²) in [5, 5.41) is 2.45. The minimum absolute atomic E-state index is 0.279. The van der Waals surface area contributed by atoms with Crippen LogP contribution in [0.3, 0.4) is 0 Å². The predicted octanol–water partition coefficient (Wildman–Crippen LogP) is 0.482. The van der Waals surface area contributed by atoms with E-state index in [9.17, 15) is 9.00 Å². The molecule has 58 valence electrons. The van der Waals surface area contributed by atoms with Gasteiger partial charge in [0.2, 0.25) is 11.2 Å². The Hall–Kier alpha value is -0.880. The monoisotopic (exact) mass is 188 g/mol. The van der Waals surface area contributed by atoms with E-state index in [2.05, 4.69) is 9.44 Å². The molecule has 1 aromatic rings. The summed E-state index contributed by atoms with van der Waals surface area (Å²) in [4.78, 5) is 11.0. The summed E-state index contributed by atoms with van der Waals surface area (Å²) in [5.41, 5.74) is 0.564. The van der Waals surface area contributed by atoms with Crippen molar-refractivity contribution in [3.05, 3.63) is 17.0 Å². The van der Waals surface area contributed by atoms with Gasteiger partial charge in [0.1, 0.15) is 5.00 Å². The molecule has 1 aliphatic rings. The number of amides is 1. The van der Waals surface area contributed by atoms with E-state index in [-0.39, 0.29) is 5.91 Å². The molecule has 0 saturated heterocycles. The van der Waals surface area contributed by atoms with Crippen molar-refractivity contribution in [3.63, 3.8) is 0 Å². The van der Waals surface area contributed by atoms with Gasteiger partial charge >= 0.3 is 0 Å². The van der Waals surface area contributed by atoms with Crippen molar-refractivity contribution in [3.8, 4) is 0 Å². The van der Waals surface area contributed by atoms with Gasteiger partial charge in [0.25, 0.3) is 5.91 Å². The number of carbonyl (C=O) groups is 1. The summed E-state index contributed by atoms with van der Waals surface area (Å²) in [7, 11) is 0. The molecule has 0 bridgehead atoms. The molecule has 2 N–H and O–H groups in total. The lowest BCUT2D eigenvalue weighted by Crippen LogP contribution is -2.34. The van der Waals surface area contributed by atoms with Crippen molar-refractivity contribution in [2.24, 2.45) is 0 Å². The summed E-state index contributed by atoms with van der Waals surface area (Å²) in [6, 6.07) is 1.69. The maximum atomic E-state index is 11.0. The van der Waals surface area contributed by atoms with Gasteiger partial charge in [-0.25, -0.2) is 4.21 Å². The van der Waals surface area contributed by atoms with Gasteiger partial charge in [0, 0.05) is 0 Å². The molecule has 1 aromatic heterocycles. The normalized spacial score (nSPS) is 21.8. The van der Waals surface area contributed by atoms with Crippen LogP contribution in [0.25, 0.3) is 0 Å². The van der Waals surface area contributed by atoms with E-state index in [0.717, 1.165) is 0 Å². The SMILES string of the molecule is O=C1N[S@@](=O)Nc2sccc21. The molecule has 6 heteroatoms. The third-order valence-corrected chi connectivity index (χ3v) is 3.00. The van der Waals surface area contributed by atoms with Gasteiger partial charge in [0.15, 0.2) is 0 Å². The summed E-state index contributed by atoms with van der Waals surface area (Å²) in [6.07, 6.45) is 0. The molecule has 1 atom stereocenters. The lowest BCUT2D eigenvalue weighted by molar-refractivity contribution is 0.0983. The summed E-state index contributed by atoms with van der Waals surface area (Å²) in [6.45, 7) is 0. The van der Waals surface area contributed by atoms with Gasteiger partial charge in [-0.05, 0) is 11.4 Å². The van der Waals surface area contributed by atoms with E-state index < -0.39 is 11.2 Å². The Balaban J connectivity index is 2.52. The summed E-state index contributed by atoms with van der Waals surface area (Å²) < 4.78 is 15.7. The fourth-order valence-corrected chi connectivity index (χ4v) is 2.47. The standard InChI is InChI=1S/C5H4N2O2S2/c8-4-3-1-2-10-5(3)7-11(9)6-4/h1-2,7H,(H,6,8)/t11-/m1/s1. The second-order valence-electron chi connectivity index (χ2n) is 1.97. The van der Waals surface area contributed by atoms with Crippen LogP contribution in [-0.2, 0) is 11.2 Å². The van der Waals surface area contributed by atoms with Crippen LogP contribution in [0.2, 0.25) is 0 Å². The number of anilines is 1. The molecule has 2 rings (SSSR count). The second-order valence-corrected chi connectivity index (χ2v) is 3.83. The largest absolute Gasteiger partial charge is 0.278 e. The quantitative estimate of drug-likeness (QED) is 0.622. The third kappa shape index (κ3) is 1.04. The van der Waals surface area contributed by atoms with Crippen LogP contribution in [0.5, 0.6) is 0 Å². The molecule has 0 spiro atoms. The highest BCUT2D eigenvalue weighted by molar-refractivity contribution is 7.85.